The zero-order valence-electron chi connectivity index (χ0n) is 22.1. The number of benzene rings is 2. The Hall–Kier alpha value is -1.93. The third-order valence-corrected chi connectivity index (χ3v) is 10.3. The first kappa shape index (κ1) is 28.6. The summed E-state index contributed by atoms with van der Waals surface area (Å²) in [4.78, 5) is 22.8. The van der Waals surface area contributed by atoms with E-state index in [1.54, 1.807) is 17.0 Å². The van der Waals surface area contributed by atoms with Crippen LogP contribution in [0.3, 0.4) is 0 Å². The SMILES string of the molecule is CC1CN(S(=O)(=O)c2ccc(C(=O)N(CCCN3CCOCC3)c3nc4ccc(Br)cc4s3)cc2)CC(C)O1. The fourth-order valence-electron chi connectivity index (χ4n) is 4.96. The number of morpholine rings is 2. The Bertz CT molecular complexity index is 1400. The molecule has 1 aromatic heterocycles. The second kappa shape index (κ2) is 12.3. The maximum absolute atomic E-state index is 13.8. The normalized spacial score (nSPS) is 21.3. The van der Waals surface area contributed by atoms with Crippen LogP contribution in [0, 0.1) is 0 Å². The molecule has 0 aliphatic carbocycles. The largest absolute Gasteiger partial charge is 0.379 e. The van der Waals surface area contributed by atoms with Crippen LogP contribution in [0.5, 0.6) is 0 Å². The Balaban J connectivity index is 1.37. The zero-order chi connectivity index (χ0) is 27.6. The van der Waals surface area contributed by atoms with Crippen LogP contribution in [0.25, 0.3) is 10.2 Å². The molecule has 2 aliphatic rings. The van der Waals surface area contributed by atoms with Crippen molar-refractivity contribution in [3.05, 3.63) is 52.5 Å². The predicted octanol–water partition coefficient (Wildman–Crippen LogP) is 4.23. The summed E-state index contributed by atoms with van der Waals surface area (Å²) in [6.45, 7) is 8.94. The van der Waals surface area contributed by atoms with Gasteiger partial charge in [-0.3, -0.25) is 14.6 Å². The van der Waals surface area contributed by atoms with Gasteiger partial charge in [-0.15, -0.1) is 0 Å². The third kappa shape index (κ3) is 6.70. The number of nitrogens with zero attached hydrogens (tertiary/aromatic N) is 4. The summed E-state index contributed by atoms with van der Waals surface area (Å²) in [5.41, 5.74) is 1.25. The molecule has 2 aliphatic heterocycles. The highest BCUT2D eigenvalue weighted by molar-refractivity contribution is 9.10. The maximum atomic E-state index is 13.8. The molecule has 0 saturated carbocycles. The summed E-state index contributed by atoms with van der Waals surface area (Å²) in [5, 5.41) is 0.628. The van der Waals surface area contributed by atoms with E-state index in [0.717, 1.165) is 54.0 Å². The van der Waals surface area contributed by atoms with Gasteiger partial charge >= 0.3 is 0 Å². The van der Waals surface area contributed by atoms with Crippen LogP contribution < -0.4 is 4.90 Å². The highest BCUT2D eigenvalue weighted by Crippen LogP contribution is 2.32. The maximum Gasteiger partial charge on any atom is 0.260 e. The van der Waals surface area contributed by atoms with E-state index in [1.165, 1.54) is 27.8 Å². The van der Waals surface area contributed by atoms with Crippen LogP contribution in [0.4, 0.5) is 5.13 Å². The van der Waals surface area contributed by atoms with E-state index in [2.05, 4.69) is 20.8 Å². The van der Waals surface area contributed by atoms with Crippen LogP contribution in [-0.2, 0) is 19.5 Å². The molecule has 2 aromatic carbocycles. The molecule has 5 rings (SSSR count). The smallest absolute Gasteiger partial charge is 0.260 e. The Kier molecular flexibility index (Phi) is 9.01. The van der Waals surface area contributed by atoms with Gasteiger partial charge in [0, 0.05) is 49.3 Å². The lowest BCUT2D eigenvalue weighted by atomic mass is 10.2. The van der Waals surface area contributed by atoms with Crippen LogP contribution in [-0.4, -0.2) is 93.2 Å². The lowest BCUT2D eigenvalue weighted by Crippen LogP contribution is -2.48. The number of ether oxygens (including phenoxy) is 2. The molecule has 2 unspecified atom stereocenters. The van der Waals surface area contributed by atoms with Gasteiger partial charge in [0.2, 0.25) is 10.0 Å². The lowest BCUT2D eigenvalue weighted by Gasteiger charge is -2.34. The van der Waals surface area contributed by atoms with E-state index in [1.807, 2.05) is 32.0 Å². The third-order valence-electron chi connectivity index (χ3n) is 6.90. The van der Waals surface area contributed by atoms with Crippen molar-refractivity contribution in [2.75, 3.05) is 57.4 Å². The van der Waals surface area contributed by atoms with Gasteiger partial charge in [-0.25, -0.2) is 13.4 Å². The molecular formula is C27H33BrN4O5S2. The molecule has 39 heavy (non-hydrogen) atoms. The Labute approximate surface area is 241 Å². The minimum absolute atomic E-state index is 0.170. The molecule has 9 nitrogen and oxygen atoms in total. The van der Waals surface area contributed by atoms with Gasteiger partial charge < -0.3 is 9.47 Å². The van der Waals surface area contributed by atoms with Gasteiger partial charge in [-0.2, -0.15) is 4.31 Å². The number of hydrogen-bond donors (Lipinski definition) is 0. The first-order chi connectivity index (χ1) is 18.7. The Morgan fingerprint density at radius 3 is 2.49 bits per heavy atom. The highest BCUT2D eigenvalue weighted by Gasteiger charge is 2.32. The van der Waals surface area contributed by atoms with E-state index >= 15 is 0 Å². The monoisotopic (exact) mass is 636 g/mol. The second-order valence-electron chi connectivity index (χ2n) is 9.98. The first-order valence-corrected chi connectivity index (χ1v) is 16.2. The molecule has 1 amide bonds. The van der Waals surface area contributed by atoms with Gasteiger partial charge in [0.05, 0.1) is 40.5 Å². The van der Waals surface area contributed by atoms with Gasteiger partial charge in [-0.05, 0) is 62.7 Å². The number of rotatable bonds is 8. The van der Waals surface area contributed by atoms with E-state index in [0.29, 0.717) is 30.3 Å². The number of sulfonamides is 1. The number of hydrogen-bond acceptors (Lipinski definition) is 8. The molecule has 2 fully saturated rings. The van der Waals surface area contributed by atoms with Crippen molar-refractivity contribution in [3.8, 4) is 0 Å². The summed E-state index contributed by atoms with van der Waals surface area (Å²) in [5.74, 6) is -0.201. The summed E-state index contributed by atoms with van der Waals surface area (Å²) >= 11 is 4.98. The standard InChI is InChI=1S/C27H33BrN4O5S2/c1-19-17-31(18-20(2)37-19)39(34,35)23-7-4-21(5-8-23)26(33)32(11-3-10-30-12-14-36-15-13-30)27-29-24-9-6-22(28)16-25(24)38-27/h4-9,16,19-20H,3,10-15,17-18H2,1-2H3. The molecule has 210 valence electrons. The van der Waals surface area contributed by atoms with Gasteiger partial charge in [-0.1, -0.05) is 27.3 Å². The van der Waals surface area contributed by atoms with E-state index in [4.69, 9.17) is 14.5 Å². The number of carbonyl (C=O) groups is 1. The number of fused-ring (bicyclic) bond motifs is 1. The second-order valence-corrected chi connectivity index (χ2v) is 13.8. The lowest BCUT2D eigenvalue weighted by molar-refractivity contribution is -0.0440. The Morgan fingerprint density at radius 1 is 1.10 bits per heavy atom. The van der Waals surface area contributed by atoms with Crippen LogP contribution in [0.1, 0.15) is 30.6 Å². The average molecular weight is 638 g/mol. The first-order valence-electron chi connectivity index (χ1n) is 13.1. The van der Waals surface area contributed by atoms with Crippen molar-refractivity contribution in [3.63, 3.8) is 0 Å². The van der Waals surface area contributed by atoms with Crippen molar-refractivity contribution >= 4 is 58.5 Å². The molecule has 0 N–H and O–H groups in total. The predicted molar refractivity (Wildman–Crippen MR) is 156 cm³/mol. The summed E-state index contributed by atoms with van der Waals surface area (Å²) in [6.07, 6.45) is 0.431. The molecule has 2 atom stereocenters. The van der Waals surface area contributed by atoms with Gasteiger partial charge in [0.15, 0.2) is 5.13 Å². The number of carbonyl (C=O) groups excluding carboxylic acids is 1. The van der Waals surface area contributed by atoms with Crippen molar-refractivity contribution in [1.82, 2.24) is 14.2 Å². The molecule has 3 heterocycles. The molecule has 0 radical (unpaired) electrons. The van der Waals surface area contributed by atoms with Crippen molar-refractivity contribution in [2.24, 2.45) is 0 Å². The average Bonchev–Trinajstić information content (AvgIpc) is 3.33. The number of amides is 1. The topological polar surface area (TPSA) is 92.3 Å². The molecule has 2 saturated heterocycles. The summed E-state index contributed by atoms with van der Waals surface area (Å²) in [7, 11) is -3.69. The summed E-state index contributed by atoms with van der Waals surface area (Å²) in [6, 6.07) is 12.1. The summed E-state index contributed by atoms with van der Waals surface area (Å²) < 4.78 is 41.1. The minimum Gasteiger partial charge on any atom is -0.379 e. The Morgan fingerprint density at radius 2 is 1.79 bits per heavy atom. The molecular weight excluding hydrogens is 604 g/mol. The minimum atomic E-state index is -3.69. The zero-order valence-corrected chi connectivity index (χ0v) is 25.3. The van der Waals surface area contributed by atoms with E-state index in [-0.39, 0.29) is 23.0 Å². The highest BCUT2D eigenvalue weighted by atomic mass is 79.9. The van der Waals surface area contributed by atoms with Crippen molar-refractivity contribution < 1.29 is 22.7 Å². The molecule has 3 aromatic rings. The van der Waals surface area contributed by atoms with Crippen molar-refractivity contribution in [1.29, 1.82) is 0 Å². The van der Waals surface area contributed by atoms with Crippen LogP contribution >= 0.6 is 27.3 Å². The van der Waals surface area contributed by atoms with Gasteiger partial charge in [0.1, 0.15) is 0 Å². The van der Waals surface area contributed by atoms with E-state index < -0.39 is 10.0 Å². The number of aromatic nitrogens is 1. The quantitative estimate of drug-likeness (QED) is 0.365. The number of anilines is 1. The van der Waals surface area contributed by atoms with E-state index in [9.17, 15) is 13.2 Å². The molecule has 0 bridgehead atoms. The molecule has 0 spiro atoms. The fraction of sp³-hybridized carbons (Fsp3) is 0.481. The fourth-order valence-corrected chi connectivity index (χ4v) is 8.10. The van der Waals surface area contributed by atoms with Gasteiger partial charge in [0.25, 0.3) is 5.91 Å². The number of thiazole rings is 1. The number of halogens is 1. The van der Waals surface area contributed by atoms with Crippen molar-refractivity contribution in [2.45, 2.75) is 37.4 Å². The van der Waals surface area contributed by atoms with Crippen LogP contribution in [0.2, 0.25) is 0 Å². The molecule has 12 heteroatoms. The van der Waals surface area contributed by atoms with Crippen LogP contribution in [0.15, 0.2) is 51.8 Å².